The van der Waals surface area contributed by atoms with E-state index in [4.69, 9.17) is 9.47 Å². The predicted octanol–water partition coefficient (Wildman–Crippen LogP) is 3.80. The first-order valence-electron chi connectivity index (χ1n) is 8.32. The van der Waals surface area contributed by atoms with E-state index in [1.807, 2.05) is 80.5 Å². The summed E-state index contributed by atoms with van der Waals surface area (Å²) in [7, 11) is 3.89. The van der Waals surface area contributed by atoms with Crippen molar-refractivity contribution in [3.63, 3.8) is 0 Å². The first-order chi connectivity index (χ1) is 12.5. The van der Waals surface area contributed by atoms with Gasteiger partial charge in [0.15, 0.2) is 0 Å². The van der Waals surface area contributed by atoms with Crippen LogP contribution in [0.3, 0.4) is 0 Å². The summed E-state index contributed by atoms with van der Waals surface area (Å²) in [6.07, 6.45) is 1.52. The van der Waals surface area contributed by atoms with Gasteiger partial charge >= 0.3 is 5.97 Å². The minimum atomic E-state index is -0.657. The van der Waals surface area contributed by atoms with Gasteiger partial charge in [-0.25, -0.2) is 4.79 Å². The van der Waals surface area contributed by atoms with Gasteiger partial charge in [0.1, 0.15) is 24.0 Å². The van der Waals surface area contributed by atoms with Crippen molar-refractivity contribution in [3.05, 3.63) is 65.2 Å². The summed E-state index contributed by atoms with van der Waals surface area (Å²) in [6.45, 7) is 2.46. The van der Waals surface area contributed by atoms with Gasteiger partial charge in [-0.05, 0) is 36.8 Å². The predicted molar refractivity (Wildman–Crippen MR) is 102 cm³/mol. The SMILES string of the molecule is CCOc1ccccc1COC(=O)/C(C#N)=C/c1ccc(N(C)C)cc1. The summed E-state index contributed by atoms with van der Waals surface area (Å²) in [5.74, 6) is 0.0139. The van der Waals surface area contributed by atoms with E-state index in [2.05, 4.69) is 0 Å². The summed E-state index contributed by atoms with van der Waals surface area (Å²) >= 11 is 0. The summed E-state index contributed by atoms with van der Waals surface area (Å²) in [5.41, 5.74) is 2.52. The average Bonchev–Trinajstić information content (AvgIpc) is 2.65. The number of rotatable bonds is 7. The third-order valence-electron chi connectivity index (χ3n) is 3.69. The molecule has 5 nitrogen and oxygen atoms in total. The lowest BCUT2D eigenvalue weighted by Crippen LogP contribution is -2.08. The highest BCUT2D eigenvalue weighted by molar-refractivity contribution is 5.97. The van der Waals surface area contributed by atoms with Crippen LogP contribution in [0.1, 0.15) is 18.1 Å². The van der Waals surface area contributed by atoms with Crippen molar-refractivity contribution in [1.82, 2.24) is 0 Å². The Balaban J connectivity index is 2.08. The molecule has 0 aliphatic rings. The monoisotopic (exact) mass is 350 g/mol. The van der Waals surface area contributed by atoms with Crippen LogP contribution in [-0.4, -0.2) is 26.7 Å². The number of esters is 1. The van der Waals surface area contributed by atoms with E-state index in [0.717, 1.165) is 16.8 Å². The van der Waals surface area contributed by atoms with Gasteiger partial charge in [0.25, 0.3) is 0 Å². The average molecular weight is 350 g/mol. The van der Waals surface area contributed by atoms with Crippen LogP contribution in [0.15, 0.2) is 54.1 Å². The lowest BCUT2D eigenvalue weighted by Gasteiger charge is -2.12. The molecule has 26 heavy (non-hydrogen) atoms. The molecule has 0 aliphatic heterocycles. The molecule has 0 heterocycles. The molecule has 0 radical (unpaired) electrons. The molecule has 0 unspecified atom stereocenters. The molecule has 0 saturated heterocycles. The number of para-hydroxylation sites is 1. The fourth-order valence-corrected chi connectivity index (χ4v) is 2.31. The van der Waals surface area contributed by atoms with E-state index < -0.39 is 5.97 Å². The van der Waals surface area contributed by atoms with Crippen LogP contribution in [-0.2, 0) is 16.1 Å². The zero-order chi connectivity index (χ0) is 18.9. The van der Waals surface area contributed by atoms with Crippen LogP contribution in [0.25, 0.3) is 6.08 Å². The molecule has 2 aromatic carbocycles. The minimum Gasteiger partial charge on any atom is -0.493 e. The Kier molecular flexibility index (Phi) is 6.81. The lowest BCUT2D eigenvalue weighted by atomic mass is 10.1. The fourth-order valence-electron chi connectivity index (χ4n) is 2.31. The Labute approximate surface area is 154 Å². The van der Waals surface area contributed by atoms with Crippen molar-refractivity contribution < 1.29 is 14.3 Å². The normalized spacial score (nSPS) is 10.8. The van der Waals surface area contributed by atoms with Crippen molar-refractivity contribution >= 4 is 17.7 Å². The lowest BCUT2D eigenvalue weighted by molar-refractivity contribution is -0.139. The standard InChI is InChI=1S/C21H22N2O3/c1-4-25-20-8-6-5-7-17(20)15-26-21(24)18(14-22)13-16-9-11-19(12-10-16)23(2)3/h5-13H,4,15H2,1-3H3/b18-13+. The molecular weight excluding hydrogens is 328 g/mol. The quantitative estimate of drug-likeness (QED) is 0.432. The Hall–Kier alpha value is -3.26. The molecule has 0 saturated carbocycles. The van der Waals surface area contributed by atoms with Gasteiger partial charge in [0, 0.05) is 25.3 Å². The van der Waals surface area contributed by atoms with E-state index in [-0.39, 0.29) is 12.2 Å². The largest absolute Gasteiger partial charge is 0.493 e. The second-order valence-corrected chi connectivity index (χ2v) is 5.77. The molecule has 5 heteroatoms. The number of ether oxygens (including phenoxy) is 2. The van der Waals surface area contributed by atoms with Crippen molar-refractivity contribution in [1.29, 1.82) is 5.26 Å². The van der Waals surface area contributed by atoms with Crippen molar-refractivity contribution in [2.75, 3.05) is 25.6 Å². The van der Waals surface area contributed by atoms with Gasteiger partial charge in [-0.1, -0.05) is 30.3 Å². The van der Waals surface area contributed by atoms with Crippen LogP contribution in [0.4, 0.5) is 5.69 Å². The summed E-state index contributed by atoms with van der Waals surface area (Å²) in [5, 5.41) is 9.28. The van der Waals surface area contributed by atoms with Crippen LogP contribution in [0.5, 0.6) is 5.75 Å². The smallest absolute Gasteiger partial charge is 0.349 e. The molecular formula is C21H22N2O3. The number of anilines is 1. The first kappa shape index (κ1) is 19.1. The maximum absolute atomic E-state index is 12.2. The third kappa shape index (κ3) is 5.12. The molecule has 134 valence electrons. The molecule has 0 spiro atoms. The third-order valence-corrected chi connectivity index (χ3v) is 3.69. The maximum Gasteiger partial charge on any atom is 0.349 e. The number of hydrogen-bond acceptors (Lipinski definition) is 5. The number of carbonyl (C=O) groups excluding carboxylic acids is 1. The Morgan fingerprint density at radius 1 is 1.15 bits per heavy atom. The summed E-state index contributed by atoms with van der Waals surface area (Å²) in [4.78, 5) is 14.2. The van der Waals surface area contributed by atoms with Crippen LogP contribution < -0.4 is 9.64 Å². The van der Waals surface area contributed by atoms with E-state index >= 15 is 0 Å². The number of hydrogen-bond donors (Lipinski definition) is 0. The van der Waals surface area contributed by atoms with E-state index in [9.17, 15) is 10.1 Å². The zero-order valence-corrected chi connectivity index (χ0v) is 15.2. The van der Waals surface area contributed by atoms with E-state index in [1.54, 1.807) is 0 Å². The number of nitrogens with zero attached hydrogens (tertiary/aromatic N) is 2. The zero-order valence-electron chi connectivity index (χ0n) is 15.2. The highest BCUT2D eigenvalue weighted by Crippen LogP contribution is 2.20. The second kappa shape index (κ2) is 9.28. The molecule has 0 aromatic heterocycles. The molecule has 2 rings (SSSR count). The van der Waals surface area contributed by atoms with Crippen LogP contribution >= 0.6 is 0 Å². The van der Waals surface area contributed by atoms with Gasteiger partial charge < -0.3 is 14.4 Å². The van der Waals surface area contributed by atoms with Crippen LogP contribution in [0, 0.1) is 11.3 Å². The second-order valence-electron chi connectivity index (χ2n) is 5.77. The van der Waals surface area contributed by atoms with E-state index in [0.29, 0.717) is 12.4 Å². The highest BCUT2D eigenvalue weighted by atomic mass is 16.5. The molecule has 0 aliphatic carbocycles. The molecule has 2 aromatic rings. The van der Waals surface area contributed by atoms with E-state index in [1.165, 1.54) is 6.08 Å². The highest BCUT2D eigenvalue weighted by Gasteiger charge is 2.12. The number of benzene rings is 2. The molecule has 0 fully saturated rings. The minimum absolute atomic E-state index is 0.0449. The first-order valence-corrected chi connectivity index (χ1v) is 8.32. The number of carbonyl (C=O) groups is 1. The molecule has 0 atom stereocenters. The maximum atomic E-state index is 12.2. The van der Waals surface area contributed by atoms with Crippen molar-refractivity contribution in [2.45, 2.75) is 13.5 Å². The Morgan fingerprint density at radius 2 is 1.85 bits per heavy atom. The molecule has 0 amide bonds. The van der Waals surface area contributed by atoms with Gasteiger partial charge in [-0.3, -0.25) is 0 Å². The Morgan fingerprint density at radius 3 is 2.46 bits per heavy atom. The fraction of sp³-hybridized carbons (Fsp3) is 0.238. The Bertz CT molecular complexity index is 818. The topological polar surface area (TPSA) is 62.6 Å². The number of nitriles is 1. The van der Waals surface area contributed by atoms with Gasteiger partial charge in [-0.15, -0.1) is 0 Å². The molecule has 0 N–H and O–H groups in total. The van der Waals surface area contributed by atoms with Crippen molar-refractivity contribution in [3.8, 4) is 11.8 Å². The van der Waals surface area contributed by atoms with Gasteiger partial charge in [0.05, 0.1) is 6.61 Å². The van der Waals surface area contributed by atoms with Crippen molar-refractivity contribution in [2.24, 2.45) is 0 Å². The summed E-state index contributed by atoms with van der Waals surface area (Å²) < 4.78 is 10.8. The van der Waals surface area contributed by atoms with Crippen LogP contribution in [0.2, 0.25) is 0 Å². The summed E-state index contributed by atoms with van der Waals surface area (Å²) in [6, 6.07) is 16.8. The molecule has 0 bridgehead atoms. The van der Waals surface area contributed by atoms with Gasteiger partial charge in [-0.2, -0.15) is 5.26 Å². The van der Waals surface area contributed by atoms with Gasteiger partial charge in [0.2, 0.25) is 0 Å².